The zero-order chi connectivity index (χ0) is 13.1. The van der Waals surface area contributed by atoms with E-state index < -0.39 is 0 Å². The summed E-state index contributed by atoms with van der Waals surface area (Å²) >= 11 is 3.39. The fourth-order valence-corrected chi connectivity index (χ4v) is 2.10. The second-order valence-corrected chi connectivity index (χ2v) is 4.42. The number of benzene rings is 1. The van der Waals surface area contributed by atoms with Crippen LogP contribution in [-0.2, 0) is 0 Å². The highest BCUT2D eigenvalue weighted by atomic mass is 79.9. The molecule has 1 heterocycles. The Morgan fingerprint density at radius 2 is 2.00 bits per heavy atom. The zero-order valence-corrected chi connectivity index (χ0v) is 11.7. The Kier molecular flexibility index (Phi) is 3.66. The van der Waals surface area contributed by atoms with E-state index in [1.54, 1.807) is 7.11 Å². The van der Waals surface area contributed by atoms with Gasteiger partial charge in [-0.3, -0.25) is 0 Å². The van der Waals surface area contributed by atoms with E-state index in [0.717, 1.165) is 11.4 Å². The topological polar surface area (TPSA) is 64.3 Å². The molecule has 2 rings (SSSR count). The summed E-state index contributed by atoms with van der Waals surface area (Å²) in [6, 6.07) is 7.69. The van der Waals surface area contributed by atoms with Crippen LogP contribution in [0.3, 0.4) is 0 Å². The van der Waals surface area contributed by atoms with Crippen molar-refractivity contribution in [3.63, 3.8) is 0 Å². The summed E-state index contributed by atoms with van der Waals surface area (Å²) in [5.41, 5.74) is 6.65. The monoisotopic (exact) mass is 308 g/mol. The van der Waals surface area contributed by atoms with Gasteiger partial charge in [-0.15, -0.1) is 0 Å². The molecule has 5 nitrogen and oxygen atoms in total. The van der Waals surface area contributed by atoms with Crippen LogP contribution in [-0.4, -0.2) is 24.1 Å². The predicted octanol–water partition coefficient (Wildman–Crippen LogP) is 2.60. The minimum absolute atomic E-state index is 0.404. The van der Waals surface area contributed by atoms with Gasteiger partial charge in [0.05, 0.1) is 12.8 Å². The minimum atomic E-state index is 0.404. The first-order valence-corrected chi connectivity index (χ1v) is 6.07. The Morgan fingerprint density at radius 1 is 1.28 bits per heavy atom. The number of para-hydroxylation sites is 2. The van der Waals surface area contributed by atoms with Crippen molar-refractivity contribution in [3.05, 3.63) is 35.1 Å². The first-order chi connectivity index (χ1) is 8.65. The Balaban J connectivity index is 2.48. The van der Waals surface area contributed by atoms with Gasteiger partial charge >= 0.3 is 0 Å². The van der Waals surface area contributed by atoms with Crippen LogP contribution in [0.2, 0.25) is 0 Å². The second kappa shape index (κ2) is 5.22. The van der Waals surface area contributed by atoms with Gasteiger partial charge in [0.2, 0.25) is 0 Å². The number of halogens is 1. The van der Waals surface area contributed by atoms with E-state index in [1.165, 1.54) is 6.33 Å². The molecule has 0 radical (unpaired) electrons. The van der Waals surface area contributed by atoms with Crippen LogP contribution in [0.5, 0.6) is 5.75 Å². The van der Waals surface area contributed by atoms with Crippen molar-refractivity contribution in [2.45, 2.75) is 0 Å². The van der Waals surface area contributed by atoms with Gasteiger partial charge in [0, 0.05) is 7.05 Å². The highest BCUT2D eigenvalue weighted by Gasteiger charge is 2.15. The Morgan fingerprint density at radius 3 is 2.72 bits per heavy atom. The van der Waals surface area contributed by atoms with E-state index in [9.17, 15) is 0 Å². The van der Waals surface area contributed by atoms with Crippen LogP contribution in [0.25, 0.3) is 0 Å². The van der Waals surface area contributed by atoms with Gasteiger partial charge < -0.3 is 15.4 Å². The molecule has 0 bridgehead atoms. The lowest BCUT2D eigenvalue weighted by molar-refractivity contribution is 0.415. The van der Waals surface area contributed by atoms with Gasteiger partial charge in [0.1, 0.15) is 22.4 Å². The van der Waals surface area contributed by atoms with Gasteiger partial charge in [0.25, 0.3) is 0 Å². The Hall–Kier alpha value is -1.82. The summed E-state index contributed by atoms with van der Waals surface area (Å²) in [5, 5.41) is 0. The largest absolute Gasteiger partial charge is 0.495 e. The first-order valence-electron chi connectivity index (χ1n) is 5.28. The third kappa shape index (κ3) is 2.24. The third-order valence-electron chi connectivity index (χ3n) is 2.56. The van der Waals surface area contributed by atoms with Crippen LogP contribution in [0, 0.1) is 0 Å². The quantitative estimate of drug-likeness (QED) is 0.944. The fourth-order valence-electron chi connectivity index (χ4n) is 1.63. The molecule has 6 heteroatoms. The van der Waals surface area contributed by atoms with Crippen molar-refractivity contribution in [2.24, 2.45) is 0 Å². The molecule has 2 N–H and O–H groups in total. The average Bonchev–Trinajstić information content (AvgIpc) is 2.41. The van der Waals surface area contributed by atoms with Gasteiger partial charge in [-0.2, -0.15) is 0 Å². The number of methoxy groups -OCH3 is 1. The molecule has 1 aromatic heterocycles. The number of aromatic nitrogens is 2. The molecule has 0 atom stereocenters. The number of nitrogen functional groups attached to an aromatic ring is 1. The van der Waals surface area contributed by atoms with Crippen LogP contribution in [0.15, 0.2) is 35.1 Å². The first kappa shape index (κ1) is 12.6. The zero-order valence-electron chi connectivity index (χ0n) is 10.1. The summed E-state index contributed by atoms with van der Waals surface area (Å²) in [7, 11) is 3.53. The standard InChI is InChI=1S/C12H13BrN4O/c1-17(8-5-3-4-6-9(8)18-2)12-10(13)11(14)15-7-16-12/h3-7H,1-2H3,(H2,14,15,16). The molecular formula is C12H13BrN4O. The molecule has 18 heavy (non-hydrogen) atoms. The van der Waals surface area contributed by atoms with E-state index in [4.69, 9.17) is 10.5 Å². The van der Waals surface area contributed by atoms with Crippen molar-refractivity contribution < 1.29 is 4.74 Å². The van der Waals surface area contributed by atoms with Crippen molar-refractivity contribution in [1.29, 1.82) is 0 Å². The van der Waals surface area contributed by atoms with Crippen LogP contribution < -0.4 is 15.4 Å². The maximum absolute atomic E-state index is 5.75. The lowest BCUT2D eigenvalue weighted by atomic mass is 10.2. The molecule has 0 aliphatic carbocycles. The summed E-state index contributed by atoms with van der Waals surface area (Å²) < 4.78 is 5.99. The van der Waals surface area contributed by atoms with E-state index >= 15 is 0 Å². The van der Waals surface area contributed by atoms with E-state index in [0.29, 0.717) is 16.1 Å². The van der Waals surface area contributed by atoms with Crippen molar-refractivity contribution in [2.75, 3.05) is 24.8 Å². The molecule has 0 amide bonds. The van der Waals surface area contributed by atoms with Gasteiger partial charge in [0.15, 0.2) is 5.82 Å². The molecule has 0 saturated carbocycles. The molecule has 0 spiro atoms. The molecule has 2 aromatic rings. The number of rotatable bonds is 3. The van der Waals surface area contributed by atoms with Crippen molar-refractivity contribution in [1.82, 2.24) is 9.97 Å². The normalized spacial score (nSPS) is 10.2. The molecular weight excluding hydrogens is 296 g/mol. The predicted molar refractivity (Wildman–Crippen MR) is 75.2 cm³/mol. The molecule has 0 unspecified atom stereocenters. The maximum Gasteiger partial charge on any atom is 0.152 e. The summed E-state index contributed by atoms with van der Waals surface area (Å²) in [6.07, 6.45) is 1.43. The van der Waals surface area contributed by atoms with Crippen LogP contribution in [0.1, 0.15) is 0 Å². The van der Waals surface area contributed by atoms with Crippen LogP contribution in [0.4, 0.5) is 17.3 Å². The number of anilines is 3. The Labute approximate surface area is 114 Å². The summed E-state index contributed by atoms with van der Waals surface area (Å²) in [6.45, 7) is 0. The van der Waals surface area contributed by atoms with Gasteiger partial charge in [-0.25, -0.2) is 9.97 Å². The number of ether oxygens (including phenoxy) is 1. The summed E-state index contributed by atoms with van der Waals surface area (Å²) in [4.78, 5) is 10.0. The number of hydrogen-bond acceptors (Lipinski definition) is 5. The highest BCUT2D eigenvalue weighted by molar-refractivity contribution is 9.10. The van der Waals surface area contributed by atoms with Crippen molar-refractivity contribution in [3.8, 4) is 5.75 Å². The van der Waals surface area contributed by atoms with Crippen LogP contribution >= 0.6 is 15.9 Å². The highest BCUT2D eigenvalue weighted by Crippen LogP contribution is 2.35. The number of nitrogens with two attached hydrogens (primary N) is 1. The molecule has 0 fully saturated rings. The van der Waals surface area contributed by atoms with Gasteiger partial charge in [-0.1, -0.05) is 12.1 Å². The second-order valence-electron chi connectivity index (χ2n) is 3.63. The van der Waals surface area contributed by atoms with E-state index in [1.807, 2.05) is 36.2 Å². The molecule has 1 aromatic carbocycles. The minimum Gasteiger partial charge on any atom is -0.495 e. The molecule has 0 aliphatic heterocycles. The third-order valence-corrected chi connectivity index (χ3v) is 3.32. The van der Waals surface area contributed by atoms with Crippen molar-refractivity contribution >= 4 is 33.3 Å². The van der Waals surface area contributed by atoms with E-state index in [2.05, 4.69) is 25.9 Å². The smallest absolute Gasteiger partial charge is 0.152 e. The lowest BCUT2D eigenvalue weighted by Gasteiger charge is -2.21. The van der Waals surface area contributed by atoms with Gasteiger partial charge in [-0.05, 0) is 28.1 Å². The molecule has 0 aliphatic rings. The number of hydrogen-bond donors (Lipinski definition) is 1. The summed E-state index contributed by atoms with van der Waals surface area (Å²) in [5.74, 6) is 1.86. The number of nitrogens with zero attached hydrogens (tertiary/aromatic N) is 3. The molecule has 94 valence electrons. The molecule has 0 saturated heterocycles. The average molecular weight is 309 g/mol. The Bertz CT molecular complexity index is 562. The maximum atomic E-state index is 5.75. The lowest BCUT2D eigenvalue weighted by Crippen LogP contribution is -2.14. The van der Waals surface area contributed by atoms with E-state index in [-0.39, 0.29) is 0 Å². The SMILES string of the molecule is COc1ccccc1N(C)c1ncnc(N)c1Br. The fraction of sp³-hybridized carbons (Fsp3) is 0.167.